The smallest absolute Gasteiger partial charge is 0.229 e. The highest BCUT2D eigenvalue weighted by Gasteiger charge is 2.45. The standard InChI is InChI=1S/C35H34O17/c36-11-26-31(47)32(48)33(49)35(52-26)50-15-8-20(40)28(21(41)9-15)18(38)2-1-12-4-22(42)29(45)27-16(12)3-13(5-23(43)30(27)46)34-24(44)10-17-19(39)6-14(37)7-25(17)51-34/h3-9,24,26,31-37,39-42,44-45,47-49H,1-2,10-11H2,(H,43,46)/t24-,26-,31-,32+,33-,34-,35-/m1/s1. The lowest BCUT2D eigenvalue weighted by atomic mass is 9.93. The lowest BCUT2D eigenvalue weighted by Crippen LogP contribution is -2.60. The zero-order chi connectivity index (χ0) is 37.8. The number of rotatable bonds is 8. The molecule has 1 saturated heterocycles. The number of phenolic OH excluding ortho intramolecular Hbond substituents is 6. The van der Waals surface area contributed by atoms with Crippen LogP contribution in [-0.2, 0) is 17.6 Å². The van der Waals surface area contributed by atoms with Gasteiger partial charge in [0.2, 0.25) is 11.7 Å². The minimum Gasteiger partial charge on any atom is -0.508 e. The van der Waals surface area contributed by atoms with Gasteiger partial charge in [0.1, 0.15) is 70.6 Å². The summed E-state index contributed by atoms with van der Waals surface area (Å²) in [4.78, 5) is 26.4. The first-order valence-corrected chi connectivity index (χ1v) is 15.8. The summed E-state index contributed by atoms with van der Waals surface area (Å²) >= 11 is 0. The Labute approximate surface area is 292 Å². The second kappa shape index (κ2) is 13.9. The Bertz CT molecular complexity index is 2090. The number of ether oxygens (including phenoxy) is 3. The van der Waals surface area contributed by atoms with Crippen LogP contribution in [0, 0.1) is 0 Å². The Morgan fingerprint density at radius 2 is 1.48 bits per heavy atom. The molecule has 0 saturated carbocycles. The third-order valence-corrected chi connectivity index (χ3v) is 9.07. The third kappa shape index (κ3) is 6.52. The fraction of sp³-hybridized carbons (Fsp3) is 0.314. The quantitative estimate of drug-likeness (QED) is 0.0851. The van der Waals surface area contributed by atoms with Gasteiger partial charge in [-0.3, -0.25) is 9.59 Å². The summed E-state index contributed by atoms with van der Waals surface area (Å²) in [6, 6.07) is 7.37. The molecule has 12 N–H and O–H groups in total. The van der Waals surface area contributed by atoms with Crippen molar-refractivity contribution in [2.75, 3.05) is 6.61 Å². The van der Waals surface area contributed by atoms with Gasteiger partial charge in [0.15, 0.2) is 23.0 Å². The van der Waals surface area contributed by atoms with E-state index in [1.165, 1.54) is 12.1 Å². The minimum atomic E-state index is -1.80. The summed E-state index contributed by atoms with van der Waals surface area (Å²) in [5.41, 5.74) is -1.33. The predicted molar refractivity (Wildman–Crippen MR) is 175 cm³/mol. The van der Waals surface area contributed by atoms with Crippen LogP contribution in [0.3, 0.4) is 0 Å². The van der Waals surface area contributed by atoms with E-state index in [1.807, 2.05) is 0 Å². The molecule has 2 aliphatic rings. The Morgan fingerprint density at radius 1 is 0.788 bits per heavy atom. The molecule has 276 valence electrons. The van der Waals surface area contributed by atoms with E-state index >= 15 is 0 Å². The van der Waals surface area contributed by atoms with E-state index in [0.717, 1.165) is 30.3 Å². The molecule has 0 unspecified atom stereocenters. The first kappa shape index (κ1) is 36.2. The number of aryl methyl sites for hydroxylation is 1. The maximum atomic E-state index is 13.4. The molecule has 7 atom stereocenters. The van der Waals surface area contributed by atoms with Gasteiger partial charge in [-0.15, -0.1) is 0 Å². The van der Waals surface area contributed by atoms with Gasteiger partial charge in [0.05, 0.1) is 18.1 Å². The van der Waals surface area contributed by atoms with Crippen LogP contribution in [0.25, 0.3) is 10.8 Å². The minimum absolute atomic E-state index is 0.0100. The van der Waals surface area contributed by atoms with E-state index in [1.54, 1.807) is 0 Å². The largest absolute Gasteiger partial charge is 0.508 e. The van der Waals surface area contributed by atoms with Gasteiger partial charge >= 0.3 is 0 Å². The lowest BCUT2D eigenvalue weighted by Gasteiger charge is -2.39. The SMILES string of the molecule is O=C(CCc1cc(O)c(O)c2c(O)c(=O)cc([C@H]3Oc4cc(O)cc(O)c4C[C@H]3O)cc12)c1c(O)cc(O[C@@H]2O[C@H](CO)[C@@H](O)[C@H](O)[C@H]2O)cc1O. The number of aliphatic hydroxyl groups is 5. The van der Waals surface area contributed by atoms with E-state index < -0.39 is 107 Å². The Hall–Kier alpha value is -5.56. The summed E-state index contributed by atoms with van der Waals surface area (Å²) < 4.78 is 16.5. The van der Waals surface area contributed by atoms with Gasteiger partial charge in [0, 0.05) is 42.7 Å². The number of hydrogen-bond donors (Lipinski definition) is 12. The number of ketones is 1. The Kier molecular flexibility index (Phi) is 9.67. The van der Waals surface area contributed by atoms with Crippen molar-refractivity contribution in [3.05, 3.63) is 74.9 Å². The molecule has 0 spiro atoms. The van der Waals surface area contributed by atoms with Crippen LogP contribution in [0.4, 0.5) is 0 Å². The molecule has 0 amide bonds. The fourth-order valence-electron chi connectivity index (χ4n) is 6.42. The van der Waals surface area contributed by atoms with Crippen LogP contribution in [0.1, 0.15) is 39.6 Å². The second-order valence-electron chi connectivity index (χ2n) is 12.5. The highest BCUT2D eigenvalue weighted by molar-refractivity contribution is 6.02. The van der Waals surface area contributed by atoms with E-state index in [-0.39, 0.29) is 57.9 Å². The molecule has 0 bridgehead atoms. The van der Waals surface area contributed by atoms with Gasteiger partial charge in [-0.25, -0.2) is 0 Å². The van der Waals surface area contributed by atoms with E-state index in [0.29, 0.717) is 0 Å². The molecule has 4 aromatic carbocycles. The summed E-state index contributed by atoms with van der Waals surface area (Å²) in [6.07, 6.45) is -11.7. The van der Waals surface area contributed by atoms with Crippen molar-refractivity contribution in [2.24, 2.45) is 0 Å². The molecule has 0 radical (unpaired) electrons. The number of hydrogen-bond acceptors (Lipinski definition) is 17. The van der Waals surface area contributed by atoms with Crippen LogP contribution in [0.2, 0.25) is 0 Å². The van der Waals surface area contributed by atoms with Crippen molar-refractivity contribution in [2.45, 2.75) is 62.2 Å². The van der Waals surface area contributed by atoms with Crippen molar-refractivity contribution in [3.63, 3.8) is 0 Å². The molecule has 1 fully saturated rings. The predicted octanol–water partition coefficient (Wildman–Crippen LogP) is 0.170. The van der Waals surface area contributed by atoms with Crippen molar-refractivity contribution in [3.8, 4) is 51.7 Å². The fourth-order valence-corrected chi connectivity index (χ4v) is 6.42. The van der Waals surface area contributed by atoms with Gasteiger partial charge < -0.3 is 75.5 Å². The monoisotopic (exact) mass is 726 g/mol. The van der Waals surface area contributed by atoms with Gasteiger partial charge in [-0.1, -0.05) is 0 Å². The summed E-state index contributed by atoms with van der Waals surface area (Å²) in [5, 5.41) is 124. The third-order valence-electron chi connectivity index (χ3n) is 9.07. The highest BCUT2D eigenvalue weighted by atomic mass is 16.7. The Morgan fingerprint density at radius 3 is 2.15 bits per heavy atom. The number of benzene rings is 3. The maximum Gasteiger partial charge on any atom is 0.229 e. The number of carbonyl (C=O) groups excluding carboxylic acids is 1. The number of aromatic hydroxyl groups is 7. The van der Waals surface area contributed by atoms with Crippen LogP contribution in [0.5, 0.6) is 51.7 Å². The highest BCUT2D eigenvalue weighted by Crippen LogP contribution is 2.44. The molecular formula is C35H34O17. The molecule has 2 heterocycles. The van der Waals surface area contributed by atoms with Crippen molar-refractivity contribution in [1.82, 2.24) is 0 Å². The number of carbonyl (C=O) groups is 1. The van der Waals surface area contributed by atoms with Gasteiger partial charge in [-0.2, -0.15) is 0 Å². The normalized spacial score (nSPS) is 24.2. The molecule has 0 aromatic heterocycles. The molecular weight excluding hydrogens is 692 g/mol. The summed E-state index contributed by atoms with van der Waals surface area (Å²) in [7, 11) is 0. The number of fused-ring (bicyclic) bond motifs is 2. The van der Waals surface area contributed by atoms with E-state index in [4.69, 9.17) is 14.2 Å². The molecule has 17 heteroatoms. The van der Waals surface area contributed by atoms with Crippen LogP contribution in [-0.4, -0.2) is 110 Å². The lowest BCUT2D eigenvalue weighted by molar-refractivity contribution is -0.277. The van der Waals surface area contributed by atoms with E-state index in [2.05, 4.69) is 0 Å². The van der Waals surface area contributed by atoms with Crippen molar-refractivity contribution >= 4 is 16.6 Å². The number of phenols is 6. The molecule has 2 aliphatic heterocycles. The molecule has 4 aromatic rings. The molecule has 17 nitrogen and oxygen atoms in total. The van der Waals surface area contributed by atoms with Crippen molar-refractivity contribution in [1.29, 1.82) is 0 Å². The first-order valence-electron chi connectivity index (χ1n) is 15.8. The van der Waals surface area contributed by atoms with Crippen LogP contribution < -0.4 is 14.9 Å². The Balaban J connectivity index is 1.30. The van der Waals surface area contributed by atoms with Gasteiger partial charge in [0.25, 0.3) is 0 Å². The van der Waals surface area contributed by atoms with Crippen LogP contribution in [0.15, 0.2) is 47.3 Å². The summed E-state index contributed by atoms with van der Waals surface area (Å²) in [5.74, 6) is -5.97. The summed E-state index contributed by atoms with van der Waals surface area (Å²) in [6.45, 7) is -0.734. The number of aliphatic hydroxyl groups excluding tert-OH is 5. The topological polar surface area (TPSA) is 305 Å². The zero-order valence-electron chi connectivity index (χ0n) is 26.8. The average Bonchev–Trinajstić information content (AvgIpc) is 3.21. The average molecular weight is 727 g/mol. The number of Topliss-reactive ketones (excluding diaryl/α,β-unsaturated/α-hetero) is 1. The second-order valence-corrected chi connectivity index (χ2v) is 12.5. The van der Waals surface area contributed by atoms with Crippen molar-refractivity contribution < 1.29 is 80.3 Å². The molecule has 0 aliphatic carbocycles. The zero-order valence-corrected chi connectivity index (χ0v) is 26.8. The van der Waals surface area contributed by atoms with Gasteiger partial charge in [-0.05, 0) is 41.1 Å². The van der Waals surface area contributed by atoms with E-state index in [9.17, 15) is 70.9 Å². The van der Waals surface area contributed by atoms with Crippen LogP contribution >= 0.6 is 0 Å². The first-order chi connectivity index (χ1) is 24.6. The maximum absolute atomic E-state index is 13.4. The molecule has 6 rings (SSSR count). The molecule has 52 heavy (non-hydrogen) atoms.